The molecule has 0 heterocycles. The van der Waals surface area contributed by atoms with Crippen LogP contribution >= 0.6 is 0 Å². The quantitative estimate of drug-likeness (QED) is 0.445. The molecule has 3 nitrogen and oxygen atoms in total. The lowest BCUT2D eigenvalue weighted by Gasteiger charge is -2.26. The Bertz CT molecular complexity index is 141. The van der Waals surface area contributed by atoms with Crippen molar-refractivity contribution in [3.05, 3.63) is 25.7 Å². The smallest absolute Gasteiger partial charge is 0.266 e. The van der Waals surface area contributed by atoms with Crippen molar-refractivity contribution in [2.75, 3.05) is 19.6 Å². The molecule has 0 fully saturated rings. The fourth-order valence-corrected chi connectivity index (χ4v) is 2.79. The number of hydrogen-bond donors (Lipinski definition) is 0. The fourth-order valence-electron chi connectivity index (χ4n) is 0.930. The summed E-state index contributed by atoms with van der Waals surface area (Å²) < 4.78 is 15.8. The first-order chi connectivity index (χ1) is 6.24. The Hall–Kier alpha value is -0.743. The van der Waals surface area contributed by atoms with E-state index >= 15 is 0 Å². The first-order valence-corrected chi connectivity index (χ1v) is 6.77. The molecule has 0 saturated heterocycles. The Balaban J connectivity index is 4.11. The van der Waals surface area contributed by atoms with E-state index in [0.29, 0.717) is 12.5 Å². The van der Waals surface area contributed by atoms with Crippen LogP contribution in [-0.2, 0) is 13.9 Å². The monoisotopic (exact) mass is 202 g/mol. The number of ether oxygens (including phenoxy) is 2. The van der Waals surface area contributed by atoms with Crippen molar-refractivity contribution in [3.63, 3.8) is 0 Å². The van der Waals surface area contributed by atoms with E-state index in [1.165, 1.54) is 12.5 Å². The molecular formula is C9H18O3Si. The van der Waals surface area contributed by atoms with Crippen LogP contribution in [0, 0.1) is 0 Å². The van der Waals surface area contributed by atoms with Crippen LogP contribution in [0.5, 0.6) is 0 Å². The zero-order chi connectivity index (χ0) is 10.2. The minimum absolute atomic E-state index is 0.581. The van der Waals surface area contributed by atoms with Gasteiger partial charge in [0.2, 0.25) is 0 Å². The molecular weight excluding hydrogens is 184 g/mol. The lowest BCUT2D eigenvalue weighted by Crippen LogP contribution is -2.46. The van der Waals surface area contributed by atoms with Crippen LogP contribution in [0.1, 0.15) is 6.92 Å². The maximum absolute atomic E-state index is 5.48. The first-order valence-electron chi connectivity index (χ1n) is 4.25. The molecule has 0 radical (unpaired) electrons. The third kappa shape index (κ3) is 4.14. The molecule has 76 valence electrons. The highest BCUT2D eigenvalue weighted by Crippen LogP contribution is 2.11. The summed E-state index contributed by atoms with van der Waals surface area (Å²) in [6.45, 7) is 9.07. The maximum Gasteiger partial charge on any atom is 0.266 e. The van der Waals surface area contributed by atoms with E-state index in [1.807, 2.05) is 0 Å². The summed E-state index contributed by atoms with van der Waals surface area (Å²) in [5.41, 5.74) is 0. The predicted molar refractivity (Wildman–Crippen MR) is 55.5 cm³/mol. The molecule has 0 atom stereocenters. The van der Waals surface area contributed by atoms with Gasteiger partial charge in [-0.1, -0.05) is 20.1 Å². The van der Waals surface area contributed by atoms with Gasteiger partial charge in [0.25, 0.3) is 8.32 Å². The van der Waals surface area contributed by atoms with Gasteiger partial charge in [-0.3, -0.25) is 0 Å². The van der Waals surface area contributed by atoms with Crippen molar-refractivity contribution in [3.8, 4) is 0 Å². The summed E-state index contributed by atoms with van der Waals surface area (Å²) in [6.07, 6.45) is 4.03. The van der Waals surface area contributed by atoms with Crippen molar-refractivity contribution in [2.24, 2.45) is 0 Å². The lowest BCUT2D eigenvalue weighted by molar-refractivity contribution is 0.223. The molecule has 0 N–H and O–H groups in total. The van der Waals surface area contributed by atoms with Crippen molar-refractivity contribution < 1.29 is 13.9 Å². The van der Waals surface area contributed by atoms with Gasteiger partial charge >= 0.3 is 0 Å². The molecule has 0 unspecified atom stereocenters. The standard InChI is InChI=1S/C9H18O3Si/c1-5-11-8-13(7-3,10-4)9-12-6-2/h5-6H,1-2,7-9H2,3-4H3. The van der Waals surface area contributed by atoms with Crippen LogP contribution in [0.25, 0.3) is 0 Å². The first kappa shape index (κ1) is 12.3. The zero-order valence-electron chi connectivity index (χ0n) is 8.41. The fraction of sp³-hybridized carbons (Fsp3) is 0.556. The van der Waals surface area contributed by atoms with Gasteiger partial charge in [0.05, 0.1) is 12.5 Å². The van der Waals surface area contributed by atoms with E-state index in [4.69, 9.17) is 13.9 Å². The highest BCUT2D eigenvalue weighted by Gasteiger charge is 2.33. The Labute approximate surface area is 81.1 Å². The van der Waals surface area contributed by atoms with Gasteiger partial charge in [-0.05, 0) is 6.04 Å². The van der Waals surface area contributed by atoms with Crippen molar-refractivity contribution in [1.82, 2.24) is 0 Å². The summed E-state index contributed by atoms with van der Waals surface area (Å²) in [5.74, 6) is 0. The van der Waals surface area contributed by atoms with Gasteiger partial charge in [0, 0.05) is 7.11 Å². The van der Waals surface area contributed by atoms with Crippen LogP contribution in [0.3, 0.4) is 0 Å². The zero-order valence-corrected chi connectivity index (χ0v) is 9.41. The normalized spacial score (nSPS) is 10.6. The summed E-state index contributed by atoms with van der Waals surface area (Å²) in [4.78, 5) is 0. The van der Waals surface area contributed by atoms with E-state index < -0.39 is 8.32 Å². The van der Waals surface area contributed by atoms with Gasteiger partial charge in [0.15, 0.2) is 0 Å². The molecule has 0 saturated carbocycles. The van der Waals surface area contributed by atoms with Crippen molar-refractivity contribution in [1.29, 1.82) is 0 Å². The molecule has 0 aliphatic rings. The minimum Gasteiger partial charge on any atom is -0.502 e. The van der Waals surface area contributed by atoms with Crippen molar-refractivity contribution >= 4 is 8.32 Å². The Morgan fingerprint density at radius 1 is 1.15 bits per heavy atom. The molecule has 0 amide bonds. The molecule has 0 aliphatic carbocycles. The molecule has 0 rings (SSSR count). The van der Waals surface area contributed by atoms with Gasteiger partial charge < -0.3 is 13.9 Å². The average molecular weight is 202 g/mol. The van der Waals surface area contributed by atoms with E-state index in [2.05, 4.69) is 20.1 Å². The largest absolute Gasteiger partial charge is 0.502 e. The minimum atomic E-state index is -1.87. The Morgan fingerprint density at radius 2 is 1.62 bits per heavy atom. The van der Waals surface area contributed by atoms with Crippen LogP contribution in [0.15, 0.2) is 25.7 Å². The van der Waals surface area contributed by atoms with E-state index in [9.17, 15) is 0 Å². The van der Waals surface area contributed by atoms with Gasteiger partial charge in [-0.15, -0.1) is 0 Å². The Kier molecular flexibility index (Phi) is 6.35. The van der Waals surface area contributed by atoms with Crippen molar-refractivity contribution in [2.45, 2.75) is 13.0 Å². The molecule has 0 aromatic heterocycles. The average Bonchev–Trinajstić information content (AvgIpc) is 2.20. The number of rotatable bonds is 8. The summed E-state index contributed by atoms with van der Waals surface area (Å²) in [5, 5.41) is 0. The molecule has 0 spiro atoms. The van der Waals surface area contributed by atoms with Gasteiger partial charge in [0.1, 0.15) is 12.5 Å². The molecule has 0 bridgehead atoms. The van der Waals surface area contributed by atoms with Gasteiger partial charge in [-0.25, -0.2) is 0 Å². The van der Waals surface area contributed by atoms with E-state index in [-0.39, 0.29) is 0 Å². The third-order valence-corrected chi connectivity index (χ3v) is 5.55. The maximum atomic E-state index is 5.48. The van der Waals surface area contributed by atoms with E-state index in [0.717, 1.165) is 6.04 Å². The molecule has 0 aromatic carbocycles. The SMILES string of the molecule is C=COC[Si](CC)(COC=C)OC. The van der Waals surface area contributed by atoms with Crippen LogP contribution in [0.4, 0.5) is 0 Å². The second-order valence-corrected chi connectivity index (χ2v) is 6.75. The van der Waals surface area contributed by atoms with Crippen LogP contribution < -0.4 is 0 Å². The summed E-state index contributed by atoms with van der Waals surface area (Å²) in [7, 11) is -0.169. The summed E-state index contributed by atoms with van der Waals surface area (Å²) in [6, 6.07) is 0.950. The highest BCUT2D eigenvalue weighted by molar-refractivity contribution is 6.73. The van der Waals surface area contributed by atoms with Crippen LogP contribution in [0.2, 0.25) is 6.04 Å². The number of hydrogen-bond acceptors (Lipinski definition) is 3. The van der Waals surface area contributed by atoms with Gasteiger partial charge in [-0.2, -0.15) is 0 Å². The molecule has 0 aromatic rings. The molecule has 4 heteroatoms. The predicted octanol–water partition coefficient (Wildman–Crippen LogP) is 2.00. The summed E-state index contributed by atoms with van der Waals surface area (Å²) >= 11 is 0. The second-order valence-electron chi connectivity index (χ2n) is 2.70. The molecule has 0 aliphatic heterocycles. The van der Waals surface area contributed by atoms with E-state index in [1.54, 1.807) is 7.11 Å². The molecule has 13 heavy (non-hydrogen) atoms. The second kappa shape index (κ2) is 6.74. The van der Waals surface area contributed by atoms with Crippen LogP contribution in [-0.4, -0.2) is 27.9 Å². The lowest BCUT2D eigenvalue weighted by atomic mass is 11.0. The third-order valence-electron chi connectivity index (χ3n) is 2.01. The topological polar surface area (TPSA) is 27.7 Å². The highest BCUT2D eigenvalue weighted by atomic mass is 28.4. The Morgan fingerprint density at radius 3 is 1.85 bits per heavy atom.